The second kappa shape index (κ2) is 4.09. The van der Waals surface area contributed by atoms with Crippen molar-refractivity contribution in [3.63, 3.8) is 0 Å². The van der Waals surface area contributed by atoms with Gasteiger partial charge in [0.15, 0.2) is 0 Å². The first-order valence-electron chi connectivity index (χ1n) is 6.95. The fraction of sp³-hybridized carbons (Fsp3) is 0.353. The van der Waals surface area contributed by atoms with E-state index in [0.717, 1.165) is 0 Å². The van der Waals surface area contributed by atoms with Gasteiger partial charge in [-0.1, -0.05) is 36.4 Å². The lowest BCUT2D eigenvalue weighted by Gasteiger charge is -2.25. The molecule has 1 saturated carbocycles. The molecule has 0 radical (unpaired) electrons. The van der Waals surface area contributed by atoms with Crippen molar-refractivity contribution in [1.82, 2.24) is 0 Å². The number of rotatable bonds is 2. The molecular weight excluding hydrogens is 236 g/mol. The predicted octanol–water partition coefficient (Wildman–Crippen LogP) is 3.22. The molecule has 1 aromatic carbocycles. The normalized spacial score (nSPS) is 37.6. The van der Waals surface area contributed by atoms with Crippen LogP contribution in [0.25, 0.3) is 0 Å². The molecule has 4 rings (SSSR count). The topological polar surface area (TPSA) is 26.3 Å². The van der Waals surface area contributed by atoms with Crippen LogP contribution < -0.4 is 0 Å². The van der Waals surface area contributed by atoms with Gasteiger partial charge in [0.05, 0.1) is 5.56 Å². The third-order valence-corrected chi connectivity index (χ3v) is 4.74. The largest absolute Gasteiger partial charge is 0.454 e. The van der Waals surface area contributed by atoms with E-state index in [1.54, 1.807) is 12.1 Å². The van der Waals surface area contributed by atoms with Gasteiger partial charge in [-0.05, 0) is 42.4 Å². The molecule has 0 aromatic heterocycles. The lowest BCUT2D eigenvalue weighted by molar-refractivity contribution is 0.0240. The Morgan fingerprint density at radius 2 is 1.79 bits per heavy atom. The Balaban J connectivity index is 1.51. The molecule has 5 atom stereocenters. The van der Waals surface area contributed by atoms with E-state index in [1.165, 1.54) is 6.42 Å². The first-order chi connectivity index (χ1) is 9.33. The number of hydrogen-bond donors (Lipinski definition) is 0. The standard InChI is InChI=1S/C17H16O2/c18-17(11-4-2-1-3-5-11)19-15-9-8-14-12-6-7-13(10-12)16(14)15/h1-9,12-16H,10H2. The average Bonchev–Trinajstić information content (AvgIpc) is 3.13. The summed E-state index contributed by atoms with van der Waals surface area (Å²) in [6.45, 7) is 0. The maximum atomic E-state index is 12.1. The van der Waals surface area contributed by atoms with E-state index in [4.69, 9.17) is 4.74 Å². The summed E-state index contributed by atoms with van der Waals surface area (Å²) in [5, 5.41) is 0. The van der Waals surface area contributed by atoms with Crippen LogP contribution >= 0.6 is 0 Å². The Labute approximate surface area is 112 Å². The summed E-state index contributed by atoms with van der Waals surface area (Å²) in [7, 11) is 0. The summed E-state index contributed by atoms with van der Waals surface area (Å²) < 4.78 is 5.70. The number of fused-ring (bicyclic) bond motifs is 5. The SMILES string of the molecule is O=C(OC1C=CC2C3C=CC(C3)C12)c1ccccc1. The van der Waals surface area contributed by atoms with E-state index in [-0.39, 0.29) is 12.1 Å². The highest BCUT2D eigenvalue weighted by Gasteiger charge is 2.50. The molecule has 2 heteroatoms. The first-order valence-corrected chi connectivity index (χ1v) is 6.95. The van der Waals surface area contributed by atoms with Crippen molar-refractivity contribution in [1.29, 1.82) is 0 Å². The number of allylic oxidation sites excluding steroid dienone is 3. The third-order valence-electron chi connectivity index (χ3n) is 4.74. The maximum absolute atomic E-state index is 12.1. The minimum Gasteiger partial charge on any atom is -0.454 e. The molecule has 2 nitrogen and oxygen atoms in total. The first kappa shape index (κ1) is 11.0. The van der Waals surface area contributed by atoms with E-state index in [2.05, 4.69) is 24.3 Å². The third kappa shape index (κ3) is 1.66. The molecule has 3 aliphatic carbocycles. The lowest BCUT2D eigenvalue weighted by Crippen LogP contribution is -2.28. The Kier molecular flexibility index (Phi) is 2.37. The molecule has 0 N–H and O–H groups in total. The minimum atomic E-state index is -0.206. The van der Waals surface area contributed by atoms with Crippen LogP contribution in [0.4, 0.5) is 0 Å². The van der Waals surface area contributed by atoms with E-state index < -0.39 is 0 Å². The number of ether oxygens (including phenoxy) is 1. The minimum absolute atomic E-state index is 0.0438. The fourth-order valence-electron chi connectivity index (χ4n) is 3.88. The van der Waals surface area contributed by atoms with E-state index in [9.17, 15) is 4.79 Å². The van der Waals surface area contributed by atoms with E-state index in [1.807, 2.05) is 18.2 Å². The fourth-order valence-corrected chi connectivity index (χ4v) is 3.88. The molecule has 1 fully saturated rings. The Morgan fingerprint density at radius 3 is 2.63 bits per heavy atom. The van der Waals surface area contributed by atoms with Crippen molar-refractivity contribution in [2.45, 2.75) is 12.5 Å². The smallest absolute Gasteiger partial charge is 0.338 e. The molecule has 3 aliphatic rings. The summed E-state index contributed by atoms with van der Waals surface area (Å²) in [4.78, 5) is 12.1. The van der Waals surface area contributed by atoms with Crippen molar-refractivity contribution >= 4 is 5.97 Å². The predicted molar refractivity (Wildman–Crippen MR) is 72.5 cm³/mol. The second-order valence-electron chi connectivity index (χ2n) is 5.72. The Morgan fingerprint density at radius 1 is 1.00 bits per heavy atom. The van der Waals surface area contributed by atoms with Gasteiger partial charge >= 0.3 is 5.97 Å². The van der Waals surface area contributed by atoms with Gasteiger partial charge < -0.3 is 4.74 Å². The van der Waals surface area contributed by atoms with Crippen molar-refractivity contribution in [3.8, 4) is 0 Å². The average molecular weight is 252 g/mol. The highest BCUT2D eigenvalue weighted by atomic mass is 16.5. The summed E-state index contributed by atoms with van der Waals surface area (Å²) in [5.41, 5.74) is 0.637. The Bertz CT molecular complexity index is 558. The van der Waals surface area contributed by atoms with Gasteiger partial charge in [-0.2, -0.15) is 0 Å². The number of carbonyl (C=O) groups is 1. The van der Waals surface area contributed by atoms with Crippen LogP contribution in [0, 0.1) is 23.7 Å². The van der Waals surface area contributed by atoms with Gasteiger partial charge in [-0.25, -0.2) is 4.79 Å². The lowest BCUT2D eigenvalue weighted by atomic mass is 9.84. The maximum Gasteiger partial charge on any atom is 0.338 e. The molecule has 0 aliphatic heterocycles. The molecule has 2 bridgehead atoms. The van der Waals surface area contributed by atoms with Crippen LogP contribution in [0.1, 0.15) is 16.8 Å². The van der Waals surface area contributed by atoms with Gasteiger partial charge in [0.25, 0.3) is 0 Å². The van der Waals surface area contributed by atoms with Crippen molar-refractivity contribution < 1.29 is 9.53 Å². The quantitative estimate of drug-likeness (QED) is 0.596. The highest BCUT2D eigenvalue weighted by molar-refractivity contribution is 5.89. The summed E-state index contributed by atoms with van der Waals surface area (Å²) >= 11 is 0. The number of carbonyl (C=O) groups excluding carboxylic acids is 1. The monoisotopic (exact) mass is 252 g/mol. The molecule has 96 valence electrons. The highest BCUT2D eigenvalue weighted by Crippen LogP contribution is 2.53. The molecule has 0 heterocycles. The van der Waals surface area contributed by atoms with Crippen molar-refractivity contribution in [2.24, 2.45) is 23.7 Å². The summed E-state index contributed by atoms with van der Waals surface area (Å²) in [6.07, 6.45) is 10.2. The van der Waals surface area contributed by atoms with Crippen LogP contribution in [-0.4, -0.2) is 12.1 Å². The molecule has 0 amide bonds. The van der Waals surface area contributed by atoms with Crippen LogP contribution in [0.15, 0.2) is 54.6 Å². The van der Waals surface area contributed by atoms with Crippen molar-refractivity contribution in [3.05, 3.63) is 60.2 Å². The number of benzene rings is 1. The number of esters is 1. The van der Waals surface area contributed by atoms with Crippen LogP contribution in [0.5, 0.6) is 0 Å². The van der Waals surface area contributed by atoms with E-state index >= 15 is 0 Å². The van der Waals surface area contributed by atoms with Crippen LogP contribution in [0.3, 0.4) is 0 Å². The van der Waals surface area contributed by atoms with Gasteiger partial charge in [-0.3, -0.25) is 0 Å². The Hall–Kier alpha value is -1.83. The summed E-state index contributed by atoms with van der Waals surface area (Å²) in [6, 6.07) is 9.25. The van der Waals surface area contributed by atoms with Gasteiger partial charge in [-0.15, -0.1) is 0 Å². The zero-order valence-electron chi connectivity index (χ0n) is 10.6. The number of hydrogen-bond acceptors (Lipinski definition) is 2. The zero-order valence-corrected chi connectivity index (χ0v) is 10.6. The van der Waals surface area contributed by atoms with E-state index in [0.29, 0.717) is 29.2 Å². The summed E-state index contributed by atoms with van der Waals surface area (Å²) in [5.74, 6) is 2.12. The van der Waals surface area contributed by atoms with Crippen LogP contribution in [-0.2, 0) is 4.74 Å². The van der Waals surface area contributed by atoms with Crippen molar-refractivity contribution in [2.75, 3.05) is 0 Å². The molecule has 5 unspecified atom stereocenters. The molecular formula is C17H16O2. The van der Waals surface area contributed by atoms with Gasteiger partial charge in [0.2, 0.25) is 0 Å². The molecule has 1 aromatic rings. The van der Waals surface area contributed by atoms with Crippen LogP contribution in [0.2, 0.25) is 0 Å². The zero-order chi connectivity index (χ0) is 12.8. The molecule has 0 spiro atoms. The molecule has 0 saturated heterocycles. The molecule has 19 heavy (non-hydrogen) atoms. The van der Waals surface area contributed by atoms with Gasteiger partial charge in [0, 0.05) is 5.92 Å². The van der Waals surface area contributed by atoms with Gasteiger partial charge in [0.1, 0.15) is 6.10 Å². The second-order valence-corrected chi connectivity index (χ2v) is 5.72.